The van der Waals surface area contributed by atoms with E-state index in [1.54, 1.807) is 25.3 Å². The molecule has 0 bridgehead atoms. The Hall–Kier alpha value is -1.30. The second-order valence-electron chi connectivity index (χ2n) is 4.86. The number of carbonyl (C=O) groups excluding carboxylic acids is 1. The molecule has 1 aromatic carbocycles. The maximum atomic E-state index is 12.1. The van der Waals surface area contributed by atoms with Crippen LogP contribution in [0.15, 0.2) is 18.2 Å². The number of esters is 1. The van der Waals surface area contributed by atoms with Gasteiger partial charge in [0.2, 0.25) is 0 Å². The SMILES string of the molecule is COC(=O)C(NCC1CCCO1)c1c(Cl)cccc1OC. The maximum Gasteiger partial charge on any atom is 0.327 e. The lowest BCUT2D eigenvalue weighted by Crippen LogP contribution is -2.35. The Bertz CT molecular complexity index is 489. The Kier molecular flexibility index (Phi) is 5.85. The summed E-state index contributed by atoms with van der Waals surface area (Å²) in [6, 6.07) is 4.59. The van der Waals surface area contributed by atoms with E-state index >= 15 is 0 Å². The highest BCUT2D eigenvalue weighted by atomic mass is 35.5. The number of halogens is 1. The first-order valence-corrected chi connectivity index (χ1v) is 7.30. The first-order valence-electron chi connectivity index (χ1n) is 6.92. The van der Waals surface area contributed by atoms with Crippen LogP contribution in [0.5, 0.6) is 5.75 Å². The zero-order valence-corrected chi connectivity index (χ0v) is 13.0. The average Bonchev–Trinajstić information content (AvgIpc) is 3.01. The molecule has 0 aliphatic carbocycles. The molecule has 2 unspecified atom stereocenters. The summed E-state index contributed by atoms with van der Waals surface area (Å²) < 4.78 is 15.8. The van der Waals surface area contributed by atoms with Crippen LogP contribution in [-0.2, 0) is 14.3 Å². The predicted octanol–water partition coefficient (Wildman–Crippen LogP) is 2.33. The van der Waals surface area contributed by atoms with Gasteiger partial charge in [0.25, 0.3) is 0 Å². The summed E-state index contributed by atoms with van der Waals surface area (Å²) in [4.78, 5) is 12.1. The minimum atomic E-state index is -0.678. The van der Waals surface area contributed by atoms with Crippen LogP contribution in [0.1, 0.15) is 24.4 Å². The third-order valence-electron chi connectivity index (χ3n) is 3.53. The van der Waals surface area contributed by atoms with Crippen LogP contribution in [0.25, 0.3) is 0 Å². The summed E-state index contributed by atoms with van der Waals surface area (Å²) in [5, 5.41) is 3.64. The summed E-state index contributed by atoms with van der Waals surface area (Å²) in [7, 11) is 2.90. The largest absolute Gasteiger partial charge is 0.496 e. The summed E-state index contributed by atoms with van der Waals surface area (Å²) in [6.45, 7) is 1.33. The second-order valence-corrected chi connectivity index (χ2v) is 5.26. The van der Waals surface area contributed by atoms with Gasteiger partial charge >= 0.3 is 5.97 Å². The van der Waals surface area contributed by atoms with Gasteiger partial charge in [-0.2, -0.15) is 0 Å². The van der Waals surface area contributed by atoms with Crippen molar-refractivity contribution in [1.82, 2.24) is 5.32 Å². The fraction of sp³-hybridized carbons (Fsp3) is 0.533. The predicted molar refractivity (Wildman–Crippen MR) is 79.7 cm³/mol. The third kappa shape index (κ3) is 3.87. The quantitative estimate of drug-likeness (QED) is 0.817. The van der Waals surface area contributed by atoms with Gasteiger partial charge in [-0.25, -0.2) is 4.79 Å². The molecule has 5 nitrogen and oxygen atoms in total. The molecule has 0 spiro atoms. The van der Waals surface area contributed by atoms with Gasteiger partial charge in [-0.15, -0.1) is 0 Å². The zero-order chi connectivity index (χ0) is 15.2. The van der Waals surface area contributed by atoms with Gasteiger partial charge in [-0.05, 0) is 25.0 Å². The van der Waals surface area contributed by atoms with Gasteiger partial charge in [0.05, 0.1) is 20.3 Å². The standard InChI is InChI=1S/C15H20ClNO4/c1-19-12-7-3-6-11(16)13(12)14(15(18)20-2)17-9-10-5-4-8-21-10/h3,6-7,10,14,17H,4-5,8-9H2,1-2H3. The Morgan fingerprint density at radius 2 is 2.33 bits per heavy atom. The number of rotatable bonds is 6. The Morgan fingerprint density at radius 1 is 1.52 bits per heavy atom. The van der Waals surface area contributed by atoms with Crippen molar-refractivity contribution < 1.29 is 19.0 Å². The van der Waals surface area contributed by atoms with E-state index in [2.05, 4.69) is 5.32 Å². The fourth-order valence-electron chi connectivity index (χ4n) is 2.45. The number of hydrogen-bond donors (Lipinski definition) is 1. The fourth-order valence-corrected chi connectivity index (χ4v) is 2.73. The molecule has 0 amide bonds. The van der Waals surface area contributed by atoms with Crippen molar-refractivity contribution in [1.29, 1.82) is 0 Å². The number of carbonyl (C=O) groups is 1. The van der Waals surface area contributed by atoms with Gasteiger partial charge in [0.1, 0.15) is 11.8 Å². The Labute approximate surface area is 129 Å². The molecule has 0 radical (unpaired) electrons. The number of ether oxygens (including phenoxy) is 3. The summed E-state index contributed by atoms with van der Waals surface area (Å²) in [6.07, 6.45) is 2.15. The molecule has 2 atom stereocenters. The molecule has 0 aromatic heterocycles. The minimum Gasteiger partial charge on any atom is -0.496 e. The van der Waals surface area contributed by atoms with Crippen molar-refractivity contribution >= 4 is 17.6 Å². The van der Waals surface area contributed by atoms with E-state index in [-0.39, 0.29) is 6.10 Å². The van der Waals surface area contributed by atoms with E-state index in [9.17, 15) is 4.79 Å². The monoisotopic (exact) mass is 313 g/mol. The molecule has 1 fully saturated rings. The van der Waals surface area contributed by atoms with Crippen molar-refractivity contribution in [3.8, 4) is 5.75 Å². The lowest BCUT2D eigenvalue weighted by Gasteiger charge is -2.22. The zero-order valence-electron chi connectivity index (χ0n) is 12.2. The van der Waals surface area contributed by atoms with E-state index in [0.29, 0.717) is 22.9 Å². The van der Waals surface area contributed by atoms with Crippen LogP contribution in [0.4, 0.5) is 0 Å². The molecule has 1 saturated heterocycles. The number of benzene rings is 1. The van der Waals surface area contributed by atoms with Crippen LogP contribution in [0, 0.1) is 0 Å². The number of hydrogen-bond acceptors (Lipinski definition) is 5. The molecule has 0 saturated carbocycles. The van der Waals surface area contributed by atoms with Crippen molar-refractivity contribution in [3.05, 3.63) is 28.8 Å². The molecule has 1 heterocycles. The molecular weight excluding hydrogens is 294 g/mol. The van der Waals surface area contributed by atoms with Crippen molar-refractivity contribution in [2.24, 2.45) is 0 Å². The van der Waals surface area contributed by atoms with Gasteiger partial charge in [0, 0.05) is 23.7 Å². The van der Waals surface area contributed by atoms with E-state index < -0.39 is 12.0 Å². The summed E-state index contributed by atoms with van der Waals surface area (Å²) >= 11 is 6.24. The molecule has 6 heteroatoms. The lowest BCUT2D eigenvalue weighted by molar-refractivity contribution is -0.143. The van der Waals surface area contributed by atoms with Gasteiger partial charge in [0.15, 0.2) is 0 Å². The first kappa shape index (κ1) is 16.1. The highest BCUT2D eigenvalue weighted by Gasteiger charge is 2.28. The number of methoxy groups -OCH3 is 2. The van der Waals surface area contributed by atoms with Crippen molar-refractivity contribution in [3.63, 3.8) is 0 Å². The van der Waals surface area contributed by atoms with Crippen LogP contribution in [0.2, 0.25) is 5.02 Å². The van der Waals surface area contributed by atoms with Crippen molar-refractivity contribution in [2.45, 2.75) is 25.0 Å². The third-order valence-corrected chi connectivity index (χ3v) is 3.86. The van der Waals surface area contributed by atoms with Crippen LogP contribution >= 0.6 is 11.6 Å². The van der Waals surface area contributed by atoms with E-state index in [1.807, 2.05) is 0 Å². The maximum absolute atomic E-state index is 12.1. The van der Waals surface area contributed by atoms with Crippen LogP contribution in [0.3, 0.4) is 0 Å². The lowest BCUT2D eigenvalue weighted by atomic mass is 10.0. The molecule has 116 valence electrons. The van der Waals surface area contributed by atoms with Crippen LogP contribution in [-0.4, -0.2) is 39.4 Å². The molecule has 1 aliphatic rings. The molecule has 1 N–H and O–H groups in total. The molecule has 21 heavy (non-hydrogen) atoms. The van der Waals surface area contributed by atoms with E-state index in [4.69, 9.17) is 25.8 Å². The minimum absolute atomic E-state index is 0.116. The van der Waals surface area contributed by atoms with E-state index in [1.165, 1.54) is 7.11 Å². The summed E-state index contributed by atoms with van der Waals surface area (Å²) in [5.74, 6) is 0.150. The normalized spacial score (nSPS) is 19.3. The van der Waals surface area contributed by atoms with Crippen molar-refractivity contribution in [2.75, 3.05) is 27.4 Å². The second kappa shape index (κ2) is 7.64. The Balaban J connectivity index is 2.20. The van der Waals surface area contributed by atoms with Gasteiger partial charge < -0.3 is 14.2 Å². The van der Waals surface area contributed by atoms with Gasteiger partial charge in [-0.3, -0.25) is 5.32 Å². The van der Waals surface area contributed by atoms with Crippen LogP contribution < -0.4 is 10.1 Å². The molecular formula is C15H20ClNO4. The molecule has 2 rings (SSSR count). The highest BCUT2D eigenvalue weighted by molar-refractivity contribution is 6.31. The molecule has 1 aromatic rings. The highest BCUT2D eigenvalue weighted by Crippen LogP contribution is 2.33. The topological polar surface area (TPSA) is 56.8 Å². The first-order chi connectivity index (χ1) is 10.2. The Morgan fingerprint density at radius 3 is 2.95 bits per heavy atom. The van der Waals surface area contributed by atoms with E-state index in [0.717, 1.165) is 19.4 Å². The number of nitrogens with one attached hydrogen (secondary N) is 1. The smallest absolute Gasteiger partial charge is 0.327 e. The summed E-state index contributed by atoms with van der Waals surface area (Å²) in [5.41, 5.74) is 0.589. The molecule has 1 aliphatic heterocycles. The average molecular weight is 314 g/mol. The van der Waals surface area contributed by atoms with Gasteiger partial charge in [-0.1, -0.05) is 17.7 Å².